The molecule has 1 fully saturated rings. The Balaban J connectivity index is 2.39. The van der Waals surface area contributed by atoms with Crippen molar-refractivity contribution in [3.05, 3.63) is 34.4 Å². The van der Waals surface area contributed by atoms with Crippen LogP contribution >= 0.6 is 0 Å². The summed E-state index contributed by atoms with van der Waals surface area (Å²) in [5.41, 5.74) is 1.88. The van der Waals surface area contributed by atoms with Crippen LogP contribution in [-0.2, 0) is 0 Å². The highest BCUT2D eigenvalue weighted by Crippen LogP contribution is 2.23. The van der Waals surface area contributed by atoms with Gasteiger partial charge in [0.05, 0.1) is 11.1 Å². The predicted molar refractivity (Wildman–Crippen MR) is 81.8 cm³/mol. The number of aromatic carboxylic acids is 1. The molecule has 1 aromatic rings. The Labute approximate surface area is 125 Å². The second kappa shape index (κ2) is 6.29. The molecule has 1 N–H and O–H groups in total. The lowest BCUT2D eigenvalue weighted by atomic mass is 9.96. The largest absolute Gasteiger partial charge is 0.478 e. The first kappa shape index (κ1) is 15.5. The third-order valence-electron chi connectivity index (χ3n) is 4.35. The van der Waals surface area contributed by atoms with Crippen molar-refractivity contribution in [3.8, 4) is 0 Å². The van der Waals surface area contributed by atoms with E-state index in [4.69, 9.17) is 0 Å². The maximum Gasteiger partial charge on any atom is 0.336 e. The lowest BCUT2D eigenvalue weighted by molar-refractivity contribution is 0.0674. The van der Waals surface area contributed by atoms with Gasteiger partial charge in [-0.1, -0.05) is 19.1 Å². The average Bonchev–Trinajstić information content (AvgIpc) is 2.64. The predicted octanol–water partition coefficient (Wildman–Crippen LogP) is 3.26. The first-order valence-electron chi connectivity index (χ1n) is 7.54. The lowest BCUT2D eigenvalue weighted by Crippen LogP contribution is -2.34. The molecule has 21 heavy (non-hydrogen) atoms. The van der Waals surface area contributed by atoms with Crippen molar-refractivity contribution >= 4 is 11.9 Å². The summed E-state index contributed by atoms with van der Waals surface area (Å²) in [6, 6.07) is 3.59. The Hall–Kier alpha value is -1.84. The number of likely N-dealkylation sites (tertiary alicyclic amines) is 1. The number of rotatable bonds is 2. The molecule has 114 valence electrons. The van der Waals surface area contributed by atoms with Crippen LogP contribution in [0.5, 0.6) is 0 Å². The number of carbonyl (C=O) groups excluding carboxylic acids is 1. The summed E-state index contributed by atoms with van der Waals surface area (Å²) in [4.78, 5) is 26.2. The van der Waals surface area contributed by atoms with E-state index in [1.54, 1.807) is 19.9 Å². The van der Waals surface area contributed by atoms with Gasteiger partial charge >= 0.3 is 5.97 Å². The van der Waals surface area contributed by atoms with E-state index >= 15 is 0 Å². The maximum absolute atomic E-state index is 12.8. The van der Waals surface area contributed by atoms with Crippen LogP contribution in [0.15, 0.2) is 12.1 Å². The van der Waals surface area contributed by atoms with Crippen LogP contribution in [0.25, 0.3) is 0 Å². The van der Waals surface area contributed by atoms with E-state index in [1.807, 2.05) is 11.0 Å². The summed E-state index contributed by atoms with van der Waals surface area (Å²) >= 11 is 0. The number of amides is 1. The molecule has 0 aromatic heterocycles. The summed E-state index contributed by atoms with van der Waals surface area (Å²) in [5, 5.41) is 9.45. The number of carbonyl (C=O) groups is 2. The normalized spacial score (nSPS) is 19.2. The van der Waals surface area contributed by atoms with Gasteiger partial charge in [-0.05, 0) is 50.2 Å². The molecule has 0 aliphatic carbocycles. The Morgan fingerprint density at radius 3 is 2.33 bits per heavy atom. The number of hydrogen-bond donors (Lipinski definition) is 1. The van der Waals surface area contributed by atoms with Crippen LogP contribution in [0.3, 0.4) is 0 Å². The molecule has 0 spiro atoms. The number of benzene rings is 1. The zero-order valence-electron chi connectivity index (χ0n) is 13.0. The molecule has 1 atom stereocenters. The minimum atomic E-state index is -1.03. The fraction of sp³-hybridized carbons (Fsp3) is 0.529. The van der Waals surface area contributed by atoms with Crippen molar-refractivity contribution in [3.63, 3.8) is 0 Å². The third kappa shape index (κ3) is 3.26. The fourth-order valence-corrected chi connectivity index (χ4v) is 2.99. The van der Waals surface area contributed by atoms with Gasteiger partial charge in [0.15, 0.2) is 0 Å². The van der Waals surface area contributed by atoms with Crippen LogP contribution in [0, 0.1) is 19.8 Å². The molecule has 1 saturated heterocycles. The quantitative estimate of drug-likeness (QED) is 0.909. The second-order valence-corrected chi connectivity index (χ2v) is 6.08. The standard InChI is InChI=1S/C17H23NO3/c1-11-5-4-9-18(10-8-11)16(19)14-12(2)6-7-13(3)15(14)17(20)21/h6-7,11H,4-5,8-10H2,1-3H3,(H,20,21). The molecule has 0 saturated carbocycles. The molecule has 1 heterocycles. The van der Waals surface area contributed by atoms with Gasteiger partial charge < -0.3 is 10.0 Å². The average molecular weight is 289 g/mol. The molecular weight excluding hydrogens is 266 g/mol. The Morgan fingerprint density at radius 2 is 1.71 bits per heavy atom. The molecule has 1 amide bonds. The van der Waals surface area contributed by atoms with E-state index in [9.17, 15) is 14.7 Å². The van der Waals surface area contributed by atoms with Gasteiger partial charge in [-0.3, -0.25) is 4.79 Å². The van der Waals surface area contributed by atoms with Gasteiger partial charge in [-0.2, -0.15) is 0 Å². The zero-order valence-corrected chi connectivity index (χ0v) is 13.0. The second-order valence-electron chi connectivity index (χ2n) is 6.08. The van der Waals surface area contributed by atoms with Gasteiger partial charge in [0.1, 0.15) is 0 Å². The van der Waals surface area contributed by atoms with Crippen molar-refractivity contribution in [2.45, 2.75) is 40.0 Å². The summed E-state index contributed by atoms with van der Waals surface area (Å²) in [6.45, 7) is 7.18. The SMILES string of the molecule is Cc1ccc(C)c(C(=O)N2CCCC(C)CC2)c1C(=O)O. The monoisotopic (exact) mass is 289 g/mol. The molecule has 1 unspecified atom stereocenters. The topological polar surface area (TPSA) is 57.6 Å². The lowest BCUT2D eigenvalue weighted by Gasteiger charge is -2.23. The molecule has 1 aliphatic heterocycles. The van der Waals surface area contributed by atoms with E-state index in [-0.39, 0.29) is 11.5 Å². The van der Waals surface area contributed by atoms with E-state index in [0.29, 0.717) is 23.6 Å². The van der Waals surface area contributed by atoms with E-state index in [0.717, 1.165) is 31.4 Å². The number of aryl methyl sites for hydroxylation is 2. The molecule has 2 rings (SSSR count). The molecule has 1 aliphatic rings. The number of carboxylic acid groups (broad SMARTS) is 1. The minimum absolute atomic E-state index is 0.136. The van der Waals surface area contributed by atoms with E-state index in [1.165, 1.54) is 0 Å². The van der Waals surface area contributed by atoms with Crippen molar-refractivity contribution < 1.29 is 14.7 Å². The van der Waals surface area contributed by atoms with Gasteiger partial charge in [-0.15, -0.1) is 0 Å². The summed E-state index contributed by atoms with van der Waals surface area (Å²) in [7, 11) is 0. The number of hydrogen-bond acceptors (Lipinski definition) is 2. The van der Waals surface area contributed by atoms with E-state index < -0.39 is 5.97 Å². The van der Waals surface area contributed by atoms with Crippen LogP contribution in [0.2, 0.25) is 0 Å². The molecule has 0 bridgehead atoms. The molecule has 1 aromatic carbocycles. The van der Waals surface area contributed by atoms with Crippen LogP contribution < -0.4 is 0 Å². The van der Waals surface area contributed by atoms with Gasteiger partial charge in [0, 0.05) is 13.1 Å². The Bertz CT molecular complexity index is 565. The first-order chi connectivity index (χ1) is 9.91. The van der Waals surface area contributed by atoms with Crippen molar-refractivity contribution in [2.75, 3.05) is 13.1 Å². The van der Waals surface area contributed by atoms with Gasteiger partial charge in [0.25, 0.3) is 5.91 Å². The molecule has 4 heteroatoms. The summed E-state index contributed by atoms with van der Waals surface area (Å²) in [6.07, 6.45) is 3.10. The third-order valence-corrected chi connectivity index (χ3v) is 4.35. The van der Waals surface area contributed by atoms with Crippen LogP contribution in [0.4, 0.5) is 0 Å². The van der Waals surface area contributed by atoms with Gasteiger partial charge in [0.2, 0.25) is 0 Å². The van der Waals surface area contributed by atoms with E-state index in [2.05, 4.69) is 6.92 Å². The molecule has 0 radical (unpaired) electrons. The number of nitrogens with zero attached hydrogens (tertiary/aromatic N) is 1. The summed E-state index contributed by atoms with van der Waals surface area (Å²) in [5.74, 6) is -0.536. The smallest absolute Gasteiger partial charge is 0.336 e. The van der Waals surface area contributed by atoms with Crippen molar-refractivity contribution in [2.24, 2.45) is 5.92 Å². The highest BCUT2D eigenvalue weighted by molar-refractivity contribution is 6.06. The Kier molecular flexibility index (Phi) is 4.66. The fourth-order valence-electron chi connectivity index (χ4n) is 2.99. The van der Waals surface area contributed by atoms with Crippen molar-refractivity contribution in [1.82, 2.24) is 4.90 Å². The zero-order chi connectivity index (χ0) is 15.6. The maximum atomic E-state index is 12.8. The molecular formula is C17H23NO3. The van der Waals surface area contributed by atoms with Crippen LogP contribution in [-0.4, -0.2) is 35.0 Å². The first-order valence-corrected chi connectivity index (χ1v) is 7.54. The minimum Gasteiger partial charge on any atom is -0.478 e. The Morgan fingerprint density at radius 1 is 1.10 bits per heavy atom. The summed E-state index contributed by atoms with van der Waals surface area (Å²) < 4.78 is 0. The molecule has 4 nitrogen and oxygen atoms in total. The van der Waals surface area contributed by atoms with Crippen molar-refractivity contribution in [1.29, 1.82) is 0 Å². The van der Waals surface area contributed by atoms with Crippen LogP contribution in [0.1, 0.15) is 58.0 Å². The highest BCUT2D eigenvalue weighted by Gasteiger charge is 2.26. The van der Waals surface area contributed by atoms with Gasteiger partial charge in [-0.25, -0.2) is 4.79 Å². The number of carboxylic acids is 1. The highest BCUT2D eigenvalue weighted by atomic mass is 16.4.